The summed E-state index contributed by atoms with van der Waals surface area (Å²) in [5.74, 6) is 1.61. The number of alkyl halides is 1. The first-order valence-electron chi connectivity index (χ1n) is 5.94. The Labute approximate surface area is 117 Å². The van der Waals surface area contributed by atoms with Crippen LogP contribution in [-0.2, 0) is 0 Å². The molecule has 0 spiro atoms. The number of benzene rings is 1. The van der Waals surface area contributed by atoms with E-state index in [4.69, 9.17) is 16.3 Å². The third kappa shape index (κ3) is 6.29. The van der Waals surface area contributed by atoms with Gasteiger partial charge in [0.25, 0.3) is 0 Å². The van der Waals surface area contributed by atoms with Gasteiger partial charge in [0.15, 0.2) is 0 Å². The Morgan fingerprint density at radius 1 is 1.35 bits per heavy atom. The SMILES string of the molecule is CCC(CCCl)NCCOc1ccc(Br)cc1. The van der Waals surface area contributed by atoms with Crippen LogP contribution in [0.2, 0.25) is 0 Å². The van der Waals surface area contributed by atoms with E-state index in [1.54, 1.807) is 0 Å². The van der Waals surface area contributed by atoms with E-state index in [2.05, 4.69) is 28.2 Å². The summed E-state index contributed by atoms with van der Waals surface area (Å²) in [6.07, 6.45) is 2.11. The van der Waals surface area contributed by atoms with Crippen molar-refractivity contribution in [2.75, 3.05) is 19.0 Å². The summed E-state index contributed by atoms with van der Waals surface area (Å²) in [6, 6.07) is 8.37. The lowest BCUT2D eigenvalue weighted by Crippen LogP contribution is -2.32. The molecule has 0 aliphatic heterocycles. The van der Waals surface area contributed by atoms with Crippen molar-refractivity contribution in [2.45, 2.75) is 25.8 Å². The molecule has 0 saturated carbocycles. The first kappa shape index (κ1) is 14.8. The molecule has 1 aromatic carbocycles. The lowest BCUT2D eigenvalue weighted by Gasteiger charge is -2.15. The maximum absolute atomic E-state index is 5.72. The average Bonchev–Trinajstić information content (AvgIpc) is 2.35. The standard InChI is InChI=1S/C13H19BrClNO/c1-2-12(7-8-15)16-9-10-17-13-5-3-11(14)4-6-13/h3-6,12,16H,2,7-10H2,1H3. The van der Waals surface area contributed by atoms with E-state index in [9.17, 15) is 0 Å². The summed E-state index contributed by atoms with van der Waals surface area (Å²) >= 11 is 9.12. The van der Waals surface area contributed by atoms with Crippen molar-refractivity contribution < 1.29 is 4.74 Å². The fourth-order valence-corrected chi connectivity index (χ4v) is 2.07. The zero-order valence-corrected chi connectivity index (χ0v) is 12.4. The zero-order valence-electron chi connectivity index (χ0n) is 10.1. The molecule has 1 aromatic rings. The first-order valence-corrected chi connectivity index (χ1v) is 7.26. The van der Waals surface area contributed by atoms with Gasteiger partial charge < -0.3 is 10.1 Å². The highest BCUT2D eigenvalue weighted by atomic mass is 79.9. The molecule has 0 aliphatic carbocycles. The molecule has 0 heterocycles. The van der Waals surface area contributed by atoms with Crippen LogP contribution in [0.25, 0.3) is 0 Å². The minimum absolute atomic E-state index is 0.501. The van der Waals surface area contributed by atoms with E-state index in [0.717, 1.165) is 29.6 Å². The van der Waals surface area contributed by atoms with E-state index >= 15 is 0 Å². The second kappa shape index (κ2) is 8.78. The molecule has 17 heavy (non-hydrogen) atoms. The summed E-state index contributed by atoms with van der Waals surface area (Å²) in [5, 5.41) is 3.43. The van der Waals surface area contributed by atoms with E-state index < -0.39 is 0 Å². The Balaban J connectivity index is 2.17. The third-order valence-electron chi connectivity index (χ3n) is 2.57. The summed E-state index contributed by atoms with van der Waals surface area (Å²) in [4.78, 5) is 0. The van der Waals surface area contributed by atoms with Gasteiger partial charge in [-0.25, -0.2) is 0 Å². The van der Waals surface area contributed by atoms with Gasteiger partial charge in [0.2, 0.25) is 0 Å². The molecule has 0 radical (unpaired) electrons. The molecule has 1 rings (SSSR count). The van der Waals surface area contributed by atoms with Crippen LogP contribution < -0.4 is 10.1 Å². The summed E-state index contributed by atoms with van der Waals surface area (Å²) in [7, 11) is 0. The number of rotatable bonds is 8. The fraction of sp³-hybridized carbons (Fsp3) is 0.538. The second-order valence-electron chi connectivity index (χ2n) is 3.84. The highest BCUT2D eigenvalue weighted by molar-refractivity contribution is 9.10. The van der Waals surface area contributed by atoms with Crippen LogP contribution in [0, 0.1) is 0 Å². The second-order valence-corrected chi connectivity index (χ2v) is 5.13. The average molecular weight is 321 g/mol. The maximum Gasteiger partial charge on any atom is 0.119 e. The quantitative estimate of drug-likeness (QED) is 0.581. The minimum Gasteiger partial charge on any atom is -0.492 e. The first-order chi connectivity index (χ1) is 8.26. The van der Waals surface area contributed by atoms with Gasteiger partial charge in [-0.15, -0.1) is 11.6 Å². The highest BCUT2D eigenvalue weighted by Crippen LogP contribution is 2.15. The monoisotopic (exact) mass is 319 g/mol. The van der Waals surface area contributed by atoms with E-state index in [1.165, 1.54) is 0 Å². The van der Waals surface area contributed by atoms with Gasteiger partial charge in [-0.1, -0.05) is 22.9 Å². The molecule has 0 amide bonds. The molecule has 1 unspecified atom stereocenters. The van der Waals surface area contributed by atoms with Crippen molar-refractivity contribution >= 4 is 27.5 Å². The van der Waals surface area contributed by atoms with Crippen molar-refractivity contribution in [3.05, 3.63) is 28.7 Å². The molecule has 1 atom stereocenters. The van der Waals surface area contributed by atoms with Crippen molar-refractivity contribution in [3.63, 3.8) is 0 Å². The zero-order chi connectivity index (χ0) is 12.5. The third-order valence-corrected chi connectivity index (χ3v) is 3.31. The number of halogens is 2. The van der Waals surface area contributed by atoms with Crippen LogP contribution in [0.5, 0.6) is 5.75 Å². The molecule has 4 heteroatoms. The van der Waals surface area contributed by atoms with E-state index in [-0.39, 0.29) is 0 Å². The number of hydrogen-bond donors (Lipinski definition) is 1. The largest absolute Gasteiger partial charge is 0.492 e. The Morgan fingerprint density at radius 3 is 2.65 bits per heavy atom. The van der Waals surface area contributed by atoms with Crippen LogP contribution in [0.3, 0.4) is 0 Å². The fourth-order valence-electron chi connectivity index (χ4n) is 1.54. The Morgan fingerprint density at radius 2 is 2.06 bits per heavy atom. The van der Waals surface area contributed by atoms with Gasteiger partial charge in [-0.3, -0.25) is 0 Å². The van der Waals surface area contributed by atoms with Crippen molar-refractivity contribution in [1.29, 1.82) is 0 Å². The van der Waals surface area contributed by atoms with E-state index in [0.29, 0.717) is 18.5 Å². The Bertz CT molecular complexity index is 305. The molecule has 0 aromatic heterocycles. The smallest absolute Gasteiger partial charge is 0.119 e. The van der Waals surface area contributed by atoms with Crippen molar-refractivity contribution in [1.82, 2.24) is 5.32 Å². The summed E-state index contributed by atoms with van der Waals surface area (Å²) in [5.41, 5.74) is 0. The maximum atomic E-state index is 5.72. The van der Waals surface area contributed by atoms with Crippen LogP contribution in [0.4, 0.5) is 0 Å². The molecule has 0 bridgehead atoms. The van der Waals surface area contributed by atoms with Gasteiger partial charge in [0.05, 0.1) is 0 Å². The van der Waals surface area contributed by atoms with Crippen LogP contribution in [0.1, 0.15) is 19.8 Å². The number of ether oxygens (including phenoxy) is 1. The summed E-state index contributed by atoms with van der Waals surface area (Å²) < 4.78 is 6.68. The van der Waals surface area contributed by atoms with Gasteiger partial charge in [-0.2, -0.15) is 0 Å². The highest BCUT2D eigenvalue weighted by Gasteiger charge is 2.03. The molecule has 0 fully saturated rings. The Hall–Kier alpha value is -0.250. The van der Waals surface area contributed by atoms with Crippen molar-refractivity contribution in [2.24, 2.45) is 0 Å². The minimum atomic E-state index is 0.501. The predicted molar refractivity (Wildman–Crippen MR) is 77.1 cm³/mol. The van der Waals surface area contributed by atoms with E-state index in [1.807, 2.05) is 24.3 Å². The lowest BCUT2D eigenvalue weighted by molar-refractivity contribution is 0.302. The molecule has 1 N–H and O–H groups in total. The van der Waals surface area contributed by atoms with Gasteiger partial charge >= 0.3 is 0 Å². The molecule has 0 aliphatic rings. The van der Waals surface area contributed by atoms with Gasteiger partial charge in [-0.05, 0) is 37.1 Å². The molecule has 96 valence electrons. The van der Waals surface area contributed by atoms with Crippen LogP contribution in [0.15, 0.2) is 28.7 Å². The normalized spacial score (nSPS) is 12.4. The predicted octanol–water partition coefficient (Wildman–Crippen LogP) is 3.83. The van der Waals surface area contributed by atoms with Gasteiger partial charge in [0, 0.05) is 22.9 Å². The lowest BCUT2D eigenvalue weighted by atomic mass is 10.2. The van der Waals surface area contributed by atoms with Crippen LogP contribution >= 0.6 is 27.5 Å². The molecular weight excluding hydrogens is 302 g/mol. The number of nitrogens with one attached hydrogen (secondary N) is 1. The number of hydrogen-bond acceptors (Lipinski definition) is 2. The molecular formula is C13H19BrClNO. The summed E-state index contributed by atoms with van der Waals surface area (Å²) in [6.45, 7) is 3.70. The Kier molecular flexibility index (Phi) is 7.65. The topological polar surface area (TPSA) is 21.3 Å². The van der Waals surface area contributed by atoms with Crippen LogP contribution in [-0.4, -0.2) is 25.1 Å². The van der Waals surface area contributed by atoms with Crippen molar-refractivity contribution in [3.8, 4) is 5.75 Å². The molecule has 2 nitrogen and oxygen atoms in total. The van der Waals surface area contributed by atoms with Gasteiger partial charge in [0.1, 0.15) is 12.4 Å². The molecule has 0 saturated heterocycles.